The summed E-state index contributed by atoms with van der Waals surface area (Å²) in [5.41, 5.74) is 0. The van der Waals surface area contributed by atoms with Crippen LogP contribution in [0.5, 0.6) is 0 Å². The van der Waals surface area contributed by atoms with Crippen LogP contribution in [-0.2, 0) is 4.74 Å². The molecule has 0 radical (unpaired) electrons. The van der Waals surface area contributed by atoms with E-state index >= 15 is 0 Å². The fourth-order valence-corrected chi connectivity index (χ4v) is 1.06. The van der Waals surface area contributed by atoms with E-state index in [4.69, 9.17) is 4.74 Å². The second kappa shape index (κ2) is 5.56. The van der Waals surface area contributed by atoms with Crippen LogP contribution in [0.4, 0.5) is 0 Å². The molecule has 0 spiro atoms. The Hall–Kier alpha value is -0.0800. The standard InChI is InChI=1S/C9H20O2/c1-5-11-6-8(4)9(10)7(2)3/h7-10H,5-6H2,1-4H3. The fourth-order valence-electron chi connectivity index (χ4n) is 1.06. The fraction of sp³-hybridized carbons (Fsp3) is 1.00. The van der Waals surface area contributed by atoms with Crippen molar-refractivity contribution in [3.8, 4) is 0 Å². The summed E-state index contributed by atoms with van der Waals surface area (Å²) in [6, 6.07) is 0. The maximum atomic E-state index is 9.54. The molecule has 0 aliphatic heterocycles. The predicted molar refractivity (Wildman–Crippen MR) is 46.5 cm³/mol. The van der Waals surface area contributed by atoms with Gasteiger partial charge in [-0.1, -0.05) is 20.8 Å². The van der Waals surface area contributed by atoms with Crippen molar-refractivity contribution in [1.82, 2.24) is 0 Å². The van der Waals surface area contributed by atoms with Gasteiger partial charge in [0.15, 0.2) is 0 Å². The lowest BCUT2D eigenvalue weighted by molar-refractivity contribution is 0.0167. The Labute approximate surface area is 69.6 Å². The zero-order valence-corrected chi connectivity index (χ0v) is 8.00. The molecule has 0 aliphatic carbocycles. The molecule has 2 nitrogen and oxygen atoms in total. The van der Waals surface area contributed by atoms with Gasteiger partial charge >= 0.3 is 0 Å². The second-order valence-corrected chi connectivity index (χ2v) is 3.37. The molecule has 2 heteroatoms. The molecule has 0 aromatic heterocycles. The quantitative estimate of drug-likeness (QED) is 0.663. The molecule has 0 heterocycles. The minimum absolute atomic E-state index is 0.235. The van der Waals surface area contributed by atoms with Crippen molar-refractivity contribution in [3.05, 3.63) is 0 Å². The van der Waals surface area contributed by atoms with E-state index in [1.54, 1.807) is 0 Å². The SMILES string of the molecule is CCOCC(C)C(O)C(C)C. The molecule has 2 unspecified atom stereocenters. The molecule has 0 aromatic carbocycles. The molecule has 2 atom stereocenters. The molecule has 0 amide bonds. The minimum atomic E-state index is -0.235. The molecule has 1 N–H and O–H groups in total. The van der Waals surface area contributed by atoms with Crippen molar-refractivity contribution in [2.24, 2.45) is 11.8 Å². The van der Waals surface area contributed by atoms with Crippen LogP contribution in [0.25, 0.3) is 0 Å². The summed E-state index contributed by atoms with van der Waals surface area (Å²) in [5.74, 6) is 0.570. The summed E-state index contributed by atoms with van der Waals surface area (Å²) >= 11 is 0. The average Bonchev–Trinajstić information content (AvgIpc) is 1.98. The first-order valence-electron chi connectivity index (χ1n) is 4.35. The highest BCUT2D eigenvalue weighted by atomic mass is 16.5. The Bertz CT molecular complexity index is 91.6. The Balaban J connectivity index is 3.55. The van der Waals surface area contributed by atoms with Crippen LogP contribution in [0.3, 0.4) is 0 Å². The largest absolute Gasteiger partial charge is 0.392 e. The monoisotopic (exact) mass is 160 g/mol. The van der Waals surface area contributed by atoms with Gasteiger partial charge in [-0.2, -0.15) is 0 Å². The molecule has 68 valence electrons. The highest BCUT2D eigenvalue weighted by molar-refractivity contribution is 4.66. The number of aliphatic hydroxyl groups is 1. The number of rotatable bonds is 5. The van der Waals surface area contributed by atoms with Gasteiger partial charge in [-0.15, -0.1) is 0 Å². The lowest BCUT2D eigenvalue weighted by atomic mass is 9.96. The Morgan fingerprint density at radius 3 is 2.18 bits per heavy atom. The molecule has 0 saturated heterocycles. The smallest absolute Gasteiger partial charge is 0.0610 e. The predicted octanol–water partition coefficient (Wildman–Crippen LogP) is 1.68. The van der Waals surface area contributed by atoms with Crippen molar-refractivity contribution in [2.45, 2.75) is 33.8 Å². The normalized spacial score (nSPS) is 16.9. The van der Waals surface area contributed by atoms with Crippen molar-refractivity contribution in [3.63, 3.8) is 0 Å². The molecular formula is C9H20O2. The summed E-state index contributed by atoms with van der Waals surface area (Å²) in [7, 11) is 0. The third kappa shape index (κ3) is 4.38. The van der Waals surface area contributed by atoms with Gasteiger partial charge in [0, 0.05) is 12.5 Å². The first-order valence-corrected chi connectivity index (χ1v) is 4.35. The van der Waals surface area contributed by atoms with Crippen LogP contribution < -0.4 is 0 Å². The van der Waals surface area contributed by atoms with E-state index < -0.39 is 0 Å². The highest BCUT2D eigenvalue weighted by Crippen LogP contribution is 2.12. The Morgan fingerprint density at radius 1 is 1.27 bits per heavy atom. The van der Waals surface area contributed by atoms with E-state index in [0.717, 1.165) is 6.61 Å². The second-order valence-electron chi connectivity index (χ2n) is 3.37. The van der Waals surface area contributed by atoms with Gasteiger partial charge < -0.3 is 9.84 Å². The molecular weight excluding hydrogens is 140 g/mol. The topological polar surface area (TPSA) is 29.5 Å². The van der Waals surface area contributed by atoms with E-state index in [0.29, 0.717) is 12.5 Å². The number of hydrogen-bond donors (Lipinski definition) is 1. The van der Waals surface area contributed by atoms with Gasteiger partial charge in [0.1, 0.15) is 0 Å². The van der Waals surface area contributed by atoms with Gasteiger partial charge in [-0.3, -0.25) is 0 Å². The molecule has 0 saturated carbocycles. The average molecular weight is 160 g/mol. The maximum absolute atomic E-state index is 9.54. The highest BCUT2D eigenvalue weighted by Gasteiger charge is 2.17. The molecule has 0 aromatic rings. The summed E-state index contributed by atoms with van der Waals surface area (Å²) in [6.45, 7) is 9.42. The Kier molecular flexibility index (Phi) is 5.51. The van der Waals surface area contributed by atoms with Crippen molar-refractivity contribution >= 4 is 0 Å². The first-order chi connectivity index (χ1) is 5.09. The maximum Gasteiger partial charge on any atom is 0.0610 e. The van der Waals surface area contributed by atoms with Crippen LogP contribution in [0.2, 0.25) is 0 Å². The van der Waals surface area contributed by atoms with Gasteiger partial charge in [0.05, 0.1) is 12.7 Å². The van der Waals surface area contributed by atoms with Crippen LogP contribution >= 0.6 is 0 Å². The third-order valence-corrected chi connectivity index (χ3v) is 1.85. The van der Waals surface area contributed by atoms with Crippen LogP contribution in [-0.4, -0.2) is 24.4 Å². The van der Waals surface area contributed by atoms with Gasteiger partial charge in [0.2, 0.25) is 0 Å². The van der Waals surface area contributed by atoms with Gasteiger partial charge in [-0.05, 0) is 12.8 Å². The van der Waals surface area contributed by atoms with E-state index in [9.17, 15) is 5.11 Å². The Morgan fingerprint density at radius 2 is 1.82 bits per heavy atom. The number of hydrogen-bond acceptors (Lipinski definition) is 2. The lowest BCUT2D eigenvalue weighted by Gasteiger charge is -2.21. The minimum Gasteiger partial charge on any atom is -0.392 e. The summed E-state index contributed by atoms with van der Waals surface area (Å²) < 4.78 is 5.21. The zero-order chi connectivity index (χ0) is 8.85. The van der Waals surface area contributed by atoms with E-state index in [2.05, 4.69) is 0 Å². The zero-order valence-electron chi connectivity index (χ0n) is 8.00. The molecule has 0 aliphatic rings. The molecule has 0 bridgehead atoms. The van der Waals surface area contributed by atoms with Crippen molar-refractivity contribution in [1.29, 1.82) is 0 Å². The summed E-state index contributed by atoms with van der Waals surface area (Å²) in [4.78, 5) is 0. The van der Waals surface area contributed by atoms with Crippen LogP contribution in [0.15, 0.2) is 0 Å². The number of ether oxygens (including phenoxy) is 1. The number of aliphatic hydroxyl groups excluding tert-OH is 1. The third-order valence-electron chi connectivity index (χ3n) is 1.85. The van der Waals surface area contributed by atoms with E-state index in [1.165, 1.54) is 0 Å². The van der Waals surface area contributed by atoms with E-state index in [-0.39, 0.29) is 12.0 Å². The first kappa shape index (κ1) is 10.9. The summed E-state index contributed by atoms with van der Waals surface area (Å²) in [5, 5.41) is 9.54. The van der Waals surface area contributed by atoms with Crippen LogP contribution in [0.1, 0.15) is 27.7 Å². The summed E-state index contributed by atoms with van der Waals surface area (Å²) in [6.07, 6.45) is -0.235. The lowest BCUT2D eigenvalue weighted by Crippen LogP contribution is -2.27. The van der Waals surface area contributed by atoms with Crippen molar-refractivity contribution < 1.29 is 9.84 Å². The van der Waals surface area contributed by atoms with Crippen molar-refractivity contribution in [2.75, 3.05) is 13.2 Å². The van der Waals surface area contributed by atoms with E-state index in [1.807, 2.05) is 27.7 Å². The van der Waals surface area contributed by atoms with Gasteiger partial charge in [0.25, 0.3) is 0 Å². The van der Waals surface area contributed by atoms with Crippen LogP contribution in [0, 0.1) is 11.8 Å². The molecule has 0 fully saturated rings. The molecule has 0 rings (SSSR count). The van der Waals surface area contributed by atoms with Gasteiger partial charge in [-0.25, -0.2) is 0 Å². The molecule has 11 heavy (non-hydrogen) atoms.